The van der Waals surface area contributed by atoms with E-state index in [1.807, 2.05) is 0 Å². The number of rotatable bonds is 4. The molecule has 2 N–H and O–H groups in total. The number of carboxylic acids is 1. The third-order valence-electron chi connectivity index (χ3n) is 5.47. The molecule has 2 aromatic rings. The fraction of sp³-hybridized carbons (Fsp3) is 0.273. The maximum atomic E-state index is 12.9. The maximum absolute atomic E-state index is 12.9. The summed E-state index contributed by atoms with van der Waals surface area (Å²) in [6.07, 6.45) is 5.64. The molecule has 1 aromatic carbocycles. The fourth-order valence-electron chi connectivity index (χ4n) is 3.91. The lowest BCUT2D eigenvalue weighted by atomic mass is 9.93. The summed E-state index contributed by atoms with van der Waals surface area (Å²) in [6.45, 7) is 0. The van der Waals surface area contributed by atoms with Gasteiger partial charge in [-0.2, -0.15) is 0 Å². The Balaban J connectivity index is 1.62. The summed E-state index contributed by atoms with van der Waals surface area (Å²) in [5.74, 6) is -2.02. The summed E-state index contributed by atoms with van der Waals surface area (Å²) in [7, 11) is 0. The number of barbiturate groups is 1. The number of nitrogens with zero attached hydrogens (tertiary/aromatic N) is 1. The summed E-state index contributed by atoms with van der Waals surface area (Å²) in [6, 6.07) is 6.66. The van der Waals surface area contributed by atoms with E-state index in [1.165, 1.54) is 18.2 Å². The Labute approximate surface area is 182 Å². The van der Waals surface area contributed by atoms with Crippen molar-refractivity contribution in [2.45, 2.75) is 38.1 Å². The molecule has 2 aliphatic rings. The number of urea groups is 1. The fourth-order valence-corrected chi connectivity index (χ4v) is 4.11. The molecule has 4 amide bonds. The average molecular weight is 443 g/mol. The van der Waals surface area contributed by atoms with Gasteiger partial charge in [-0.05, 0) is 49.2 Å². The molecule has 160 valence electrons. The van der Waals surface area contributed by atoms with Gasteiger partial charge >= 0.3 is 12.0 Å². The highest BCUT2D eigenvalue weighted by atomic mass is 35.5. The predicted octanol–water partition coefficient (Wildman–Crippen LogP) is 4.09. The lowest BCUT2D eigenvalue weighted by Gasteiger charge is -2.35. The van der Waals surface area contributed by atoms with Crippen LogP contribution in [-0.4, -0.2) is 39.9 Å². The molecule has 9 heteroatoms. The van der Waals surface area contributed by atoms with Gasteiger partial charge in [-0.1, -0.05) is 30.9 Å². The summed E-state index contributed by atoms with van der Waals surface area (Å²) in [4.78, 5) is 50.0. The molecule has 0 atom stereocenters. The Morgan fingerprint density at radius 2 is 1.87 bits per heavy atom. The Morgan fingerprint density at radius 1 is 1.13 bits per heavy atom. The predicted molar refractivity (Wildman–Crippen MR) is 111 cm³/mol. The zero-order valence-electron chi connectivity index (χ0n) is 16.4. The van der Waals surface area contributed by atoms with E-state index >= 15 is 0 Å². The smallest absolute Gasteiger partial charge is 0.337 e. The molecule has 8 nitrogen and oxygen atoms in total. The number of nitrogens with one attached hydrogen (secondary N) is 1. The molecular weight excluding hydrogens is 424 g/mol. The second-order valence-electron chi connectivity index (χ2n) is 7.49. The number of benzene rings is 1. The second kappa shape index (κ2) is 8.39. The van der Waals surface area contributed by atoms with Crippen LogP contribution in [0.1, 0.15) is 48.2 Å². The van der Waals surface area contributed by atoms with Crippen molar-refractivity contribution in [3.05, 3.63) is 52.3 Å². The molecule has 2 fully saturated rings. The van der Waals surface area contributed by atoms with Crippen LogP contribution in [0.15, 0.2) is 40.3 Å². The van der Waals surface area contributed by atoms with Gasteiger partial charge in [-0.25, -0.2) is 9.59 Å². The lowest BCUT2D eigenvalue weighted by Crippen LogP contribution is -2.58. The van der Waals surface area contributed by atoms with Crippen LogP contribution in [0.2, 0.25) is 5.02 Å². The van der Waals surface area contributed by atoms with E-state index in [-0.39, 0.29) is 28.0 Å². The van der Waals surface area contributed by atoms with E-state index in [1.54, 1.807) is 18.2 Å². The zero-order valence-corrected chi connectivity index (χ0v) is 17.1. The van der Waals surface area contributed by atoms with Gasteiger partial charge in [0.05, 0.1) is 10.6 Å². The number of amides is 4. The topological polar surface area (TPSA) is 117 Å². The van der Waals surface area contributed by atoms with Crippen LogP contribution < -0.4 is 5.32 Å². The summed E-state index contributed by atoms with van der Waals surface area (Å²) < 4.78 is 5.70. The van der Waals surface area contributed by atoms with Gasteiger partial charge in [0.2, 0.25) is 0 Å². The number of carbonyl (C=O) groups excluding carboxylic acids is 3. The Morgan fingerprint density at radius 3 is 2.58 bits per heavy atom. The highest BCUT2D eigenvalue weighted by molar-refractivity contribution is 6.33. The number of furan rings is 1. The minimum Gasteiger partial charge on any atom is -0.478 e. The van der Waals surface area contributed by atoms with Crippen LogP contribution >= 0.6 is 11.6 Å². The molecule has 0 bridgehead atoms. The van der Waals surface area contributed by atoms with Crippen LogP contribution in [-0.2, 0) is 9.59 Å². The molecule has 1 aromatic heterocycles. The Hall–Kier alpha value is -3.39. The van der Waals surface area contributed by atoms with Crippen molar-refractivity contribution in [2.24, 2.45) is 0 Å². The molecule has 1 aliphatic heterocycles. The largest absolute Gasteiger partial charge is 0.478 e. The van der Waals surface area contributed by atoms with Gasteiger partial charge in [0.25, 0.3) is 11.8 Å². The summed E-state index contributed by atoms with van der Waals surface area (Å²) in [5, 5.41) is 11.6. The Kier molecular flexibility index (Phi) is 5.65. The number of aromatic carboxylic acids is 1. The van der Waals surface area contributed by atoms with Crippen LogP contribution in [0.25, 0.3) is 17.4 Å². The van der Waals surface area contributed by atoms with Gasteiger partial charge in [0, 0.05) is 11.6 Å². The summed E-state index contributed by atoms with van der Waals surface area (Å²) >= 11 is 5.90. The summed E-state index contributed by atoms with van der Waals surface area (Å²) in [5.41, 5.74) is 0.220. The molecule has 0 spiro atoms. The average Bonchev–Trinajstić information content (AvgIpc) is 3.20. The van der Waals surface area contributed by atoms with Crippen LogP contribution in [0.4, 0.5) is 4.79 Å². The number of halogens is 1. The van der Waals surface area contributed by atoms with Gasteiger partial charge < -0.3 is 9.52 Å². The monoisotopic (exact) mass is 442 g/mol. The van der Waals surface area contributed by atoms with E-state index in [0.29, 0.717) is 24.2 Å². The SMILES string of the molecule is O=C1NC(=O)N(C2CCCCC2)C(=O)C1=Cc1ccc(-c2ccc(Cl)c(C(=O)O)c2)o1. The van der Waals surface area contributed by atoms with Crippen molar-refractivity contribution >= 4 is 41.5 Å². The van der Waals surface area contributed by atoms with Crippen molar-refractivity contribution in [2.75, 3.05) is 0 Å². The van der Waals surface area contributed by atoms with E-state index in [0.717, 1.165) is 24.2 Å². The molecule has 2 heterocycles. The molecule has 0 radical (unpaired) electrons. The zero-order chi connectivity index (χ0) is 22.1. The van der Waals surface area contributed by atoms with E-state index in [9.17, 15) is 24.3 Å². The van der Waals surface area contributed by atoms with Crippen LogP contribution in [0.5, 0.6) is 0 Å². The van der Waals surface area contributed by atoms with E-state index in [2.05, 4.69) is 5.32 Å². The third kappa shape index (κ3) is 4.11. The van der Waals surface area contributed by atoms with Crippen molar-refractivity contribution in [1.82, 2.24) is 10.2 Å². The lowest BCUT2D eigenvalue weighted by molar-refractivity contribution is -0.132. The Bertz CT molecular complexity index is 1110. The first-order valence-electron chi connectivity index (χ1n) is 9.89. The van der Waals surface area contributed by atoms with Crippen molar-refractivity contribution in [3.63, 3.8) is 0 Å². The van der Waals surface area contributed by atoms with Crippen molar-refractivity contribution in [1.29, 1.82) is 0 Å². The minimum absolute atomic E-state index is 0.0704. The maximum Gasteiger partial charge on any atom is 0.337 e. The first-order chi connectivity index (χ1) is 14.8. The first-order valence-corrected chi connectivity index (χ1v) is 10.3. The normalized spacial score (nSPS) is 19.1. The van der Waals surface area contributed by atoms with Crippen LogP contribution in [0.3, 0.4) is 0 Å². The van der Waals surface area contributed by atoms with Gasteiger partial charge in [0.1, 0.15) is 17.1 Å². The molecule has 0 unspecified atom stereocenters. The van der Waals surface area contributed by atoms with Gasteiger partial charge in [-0.15, -0.1) is 0 Å². The first kappa shape index (κ1) is 20.9. The highest BCUT2D eigenvalue weighted by Crippen LogP contribution is 2.29. The van der Waals surface area contributed by atoms with Gasteiger partial charge in [0.15, 0.2) is 0 Å². The molecular formula is C22H19ClN2O6. The van der Waals surface area contributed by atoms with E-state index < -0.39 is 23.8 Å². The quantitative estimate of drug-likeness (QED) is 0.544. The molecule has 1 saturated heterocycles. The number of hydrogen-bond donors (Lipinski definition) is 2. The second-order valence-corrected chi connectivity index (χ2v) is 7.89. The molecule has 1 aliphatic carbocycles. The van der Waals surface area contributed by atoms with Crippen molar-refractivity contribution < 1.29 is 28.7 Å². The standard InChI is InChI=1S/C22H19ClN2O6/c23-17-8-6-12(10-15(17)21(28)29)18-9-7-14(31-18)11-16-19(26)24-22(30)25(20(16)27)13-4-2-1-3-5-13/h6-11,13H,1-5H2,(H,28,29)(H,24,26,30). The van der Waals surface area contributed by atoms with Crippen LogP contribution in [0, 0.1) is 0 Å². The molecule has 4 rings (SSSR count). The van der Waals surface area contributed by atoms with Crippen molar-refractivity contribution in [3.8, 4) is 11.3 Å². The molecule has 1 saturated carbocycles. The van der Waals surface area contributed by atoms with Gasteiger partial charge in [-0.3, -0.25) is 19.8 Å². The number of carboxylic acid groups (broad SMARTS) is 1. The van der Waals surface area contributed by atoms with E-state index in [4.69, 9.17) is 16.0 Å². The minimum atomic E-state index is -1.17. The number of carbonyl (C=O) groups is 4. The third-order valence-corrected chi connectivity index (χ3v) is 5.80. The molecule has 31 heavy (non-hydrogen) atoms. The number of hydrogen-bond acceptors (Lipinski definition) is 5. The number of imide groups is 2. The highest BCUT2D eigenvalue weighted by Gasteiger charge is 2.40.